The van der Waals surface area contributed by atoms with Crippen molar-refractivity contribution in [1.82, 2.24) is 5.48 Å². The largest absolute Gasteiger partial charge is 0.494 e. The van der Waals surface area contributed by atoms with Crippen LogP contribution < -0.4 is 10.2 Å². The smallest absolute Gasteiger partial charge is 0.250 e. The molecule has 0 spiro atoms. The molecule has 0 saturated carbocycles. The normalized spacial score (nSPS) is 11.9. The monoisotopic (exact) mass is 267 g/mol. The number of unbranched alkanes of at least 4 members (excludes halogenated alkanes) is 1. The third-order valence-electron chi connectivity index (χ3n) is 2.89. The molecule has 1 atom stereocenters. The first-order chi connectivity index (χ1) is 9.22. The summed E-state index contributed by atoms with van der Waals surface area (Å²) in [6.45, 7) is 2.65. The van der Waals surface area contributed by atoms with Gasteiger partial charge in [-0.25, -0.2) is 5.48 Å². The topological polar surface area (TPSA) is 78.8 Å². The van der Waals surface area contributed by atoms with Crippen LogP contribution in [0.4, 0.5) is 0 Å². The van der Waals surface area contributed by atoms with Crippen molar-refractivity contribution in [2.45, 2.75) is 32.1 Å². The summed E-state index contributed by atoms with van der Waals surface area (Å²) >= 11 is 0. The Balaban J connectivity index is 2.69. The number of nitrogens with one attached hydrogen (secondary N) is 1. The van der Waals surface area contributed by atoms with Gasteiger partial charge in [-0.3, -0.25) is 10.0 Å². The summed E-state index contributed by atoms with van der Waals surface area (Å²) < 4.78 is 5.53. The third-order valence-corrected chi connectivity index (χ3v) is 2.89. The molecular weight excluding hydrogens is 246 g/mol. The summed E-state index contributed by atoms with van der Waals surface area (Å²) in [7, 11) is 0. The van der Waals surface area contributed by atoms with Gasteiger partial charge in [0.1, 0.15) is 5.75 Å². The van der Waals surface area contributed by atoms with Gasteiger partial charge in [0.05, 0.1) is 12.5 Å². The molecule has 19 heavy (non-hydrogen) atoms. The lowest BCUT2D eigenvalue weighted by Crippen LogP contribution is -2.27. The number of aliphatic hydroxyl groups is 1. The zero-order valence-electron chi connectivity index (χ0n) is 11.1. The number of benzene rings is 1. The molecule has 0 radical (unpaired) electrons. The van der Waals surface area contributed by atoms with Gasteiger partial charge in [-0.2, -0.15) is 0 Å². The number of aliphatic hydroxyl groups excluding tert-OH is 1. The molecule has 1 aromatic carbocycles. The molecule has 1 aromatic rings. The van der Waals surface area contributed by atoms with Crippen LogP contribution >= 0.6 is 0 Å². The first-order valence-electron chi connectivity index (χ1n) is 6.50. The number of amides is 1. The van der Waals surface area contributed by atoms with Crippen LogP contribution in [0.2, 0.25) is 0 Å². The molecule has 1 unspecified atom stereocenters. The van der Waals surface area contributed by atoms with Crippen LogP contribution in [-0.2, 0) is 4.79 Å². The molecule has 0 aromatic heterocycles. The Hall–Kier alpha value is -1.59. The van der Waals surface area contributed by atoms with E-state index in [1.165, 1.54) is 0 Å². The first-order valence-corrected chi connectivity index (χ1v) is 6.50. The molecular formula is C14H21NO4. The van der Waals surface area contributed by atoms with Gasteiger partial charge in [-0.05, 0) is 30.5 Å². The van der Waals surface area contributed by atoms with Gasteiger partial charge in [-0.15, -0.1) is 0 Å². The summed E-state index contributed by atoms with van der Waals surface area (Å²) in [5.74, 6) is -0.322. The molecule has 3 N–H and O–H groups in total. The van der Waals surface area contributed by atoms with Crippen molar-refractivity contribution in [3.8, 4) is 5.75 Å². The summed E-state index contributed by atoms with van der Waals surface area (Å²) in [6, 6.07) is 7.13. The van der Waals surface area contributed by atoms with Crippen molar-refractivity contribution in [2.24, 2.45) is 0 Å². The minimum atomic E-state index is -0.556. The Morgan fingerprint density at radius 2 is 2.05 bits per heavy atom. The third kappa shape index (κ3) is 4.89. The molecule has 0 heterocycles. The second kappa shape index (κ2) is 8.50. The highest BCUT2D eigenvalue weighted by Crippen LogP contribution is 2.22. The zero-order valence-corrected chi connectivity index (χ0v) is 11.1. The molecule has 0 aliphatic heterocycles. The maximum Gasteiger partial charge on any atom is 0.250 e. The van der Waals surface area contributed by atoms with Crippen LogP contribution in [0.3, 0.4) is 0 Å². The molecule has 0 aliphatic carbocycles. The van der Waals surface area contributed by atoms with Crippen LogP contribution in [-0.4, -0.2) is 29.4 Å². The average molecular weight is 267 g/mol. The second-order valence-corrected chi connectivity index (χ2v) is 4.31. The fourth-order valence-electron chi connectivity index (χ4n) is 1.79. The summed E-state index contributed by atoms with van der Waals surface area (Å²) in [4.78, 5) is 11.5. The van der Waals surface area contributed by atoms with Gasteiger partial charge >= 0.3 is 0 Å². The van der Waals surface area contributed by atoms with Crippen molar-refractivity contribution in [3.63, 3.8) is 0 Å². The van der Waals surface area contributed by atoms with Crippen molar-refractivity contribution in [1.29, 1.82) is 0 Å². The lowest BCUT2D eigenvalue weighted by atomic mass is 9.95. The van der Waals surface area contributed by atoms with E-state index in [1.54, 1.807) is 29.7 Å². The highest BCUT2D eigenvalue weighted by atomic mass is 16.5. The number of ether oxygens (including phenoxy) is 1. The fraction of sp³-hybridized carbons (Fsp3) is 0.500. The van der Waals surface area contributed by atoms with Crippen LogP contribution in [0.5, 0.6) is 5.75 Å². The van der Waals surface area contributed by atoms with E-state index in [4.69, 9.17) is 15.1 Å². The van der Waals surface area contributed by atoms with E-state index in [0.29, 0.717) is 6.61 Å². The van der Waals surface area contributed by atoms with Gasteiger partial charge < -0.3 is 9.84 Å². The average Bonchev–Trinajstić information content (AvgIpc) is 2.45. The maximum atomic E-state index is 11.5. The van der Waals surface area contributed by atoms with Crippen LogP contribution in [0.1, 0.15) is 37.7 Å². The maximum absolute atomic E-state index is 11.5. The van der Waals surface area contributed by atoms with Crippen LogP contribution in [0.25, 0.3) is 0 Å². The van der Waals surface area contributed by atoms with Crippen molar-refractivity contribution < 1.29 is 19.8 Å². The van der Waals surface area contributed by atoms with Crippen molar-refractivity contribution in [3.05, 3.63) is 29.8 Å². The second-order valence-electron chi connectivity index (χ2n) is 4.31. The Morgan fingerprint density at radius 3 is 2.58 bits per heavy atom. The van der Waals surface area contributed by atoms with Gasteiger partial charge in [0.25, 0.3) is 5.91 Å². The number of rotatable bonds is 8. The van der Waals surface area contributed by atoms with E-state index in [2.05, 4.69) is 6.92 Å². The molecule has 0 saturated heterocycles. The number of carbonyl (C=O) groups excluding carboxylic acids is 1. The van der Waals surface area contributed by atoms with Crippen molar-refractivity contribution in [2.75, 3.05) is 13.2 Å². The quantitative estimate of drug-likeness (QED) is 0.381. The van der Waals surface area contributed by atoms with E-state index in [-0.39, 0.29) is 13.0 Å². The number of carbonyl (C=O) groups is 1. The fourth-order valence-corrected chi connectivity index (χ4v) is 1.79. The van der Waals surface area contributed by atoms with Crippen molar-refractivity contribution >= 4 is 5.91 Å². The molecule has 0 bridgehead atoms. The van der Waals surface area contributed by atoms with Crippen LogP contribution in [0.15, 0.2) is 24.3 Å². The molecule has 1 amide bonds. The lowest BCUT2D eigenvalue weighted by Gasteiger charge is -2.14. The summed E-state index contributed by atoms with van der Waals surface area (Å²) in [5, 5.41) is 17.6. The molecule has 5 nitrogen and oxygen atoms in total. The number of hydroxylamine groups is 1. The van der Waals surface area contributed by atoms with Gasteiger partial charge in [0.2, 0.25) is 0 Å². The van der Waals surface area contributed by atoms with Gasteiger partial charge in [-0.1, -0.05) is 25.5 Å². The minimum Gasteiger partial charge on any atom is -0.494 e. The van der Waals surface area contributed by atoms with Gasteiger partial charge in [0.15, 0.2) is 0 Å². The minimum absolute atomic E-state index is 0.118. The lowest BCUT2D eigenvalue weighted by molar-refractivity contribution is -0.131. The summed E-state index contributed by atoms with van der Waals surface area (Å²) in [5.41, 5.74) is 2.36. The highest BCUT2D eigenvalue weighted by Gasteiger charge is 2.19. The predicted octanol–water partition coefficient (Wildman–Crippen LogP) is 1.84. The zero-order chi connectivity index (χ0) is 14.1. The molecule has 0 aliphatic rings. The SMILES string of the molecule is CCCCOc1ccc(C(CCO)C(=O)NO)cc1. The van der Waals surface area contributed by atoms with E-state index in [1.807, 2.05) is 0 Å². The Kier molecular flexibility index (Phi) is 6.92. The molecule has 0 fully saturated rings. The van der Waals surface area contributed by atoms with E-state index in [0.717, 1.165) is 24.2 Å². The first kappa shape index (κ1) is 15.5. The molecule has 1 rings (SSSR count). The number of hydrogen-bond acceptors (Lipinski definition) is 4. The van der Waals surface area contributed by atoms with Crippen LogP contribution in [0, 0.1) is 0 Å². The Morgan fingerprint density at radius 1 is 1.37 bits per heavy atom. The molecule has 106 valence electrons. The van der Waals surface area contributed by atoms with E-state index < -0.39 is 11.8 Å². The predicted molar refractivity (Wildman–Crippen MR) is 71.2 cm³/mol. The van der Waals surface area contributed by atoms with E-state index >= 15 is 0 Å². The van der Waals surface area contributed by atoms with E-state index in [9.17, 15) is 4.79 Å². The van der Waals surface area contributed by atoms with Gasteiger partial charge in [0, 0.05) is 6.61 Å². The standard InChI is InChI=1S/C14H21NO4/c1-2-3-10-19-12-6-4-11(5-7-12)13(8-9-16)14(17)15-18/h4-7,13,16,18H,2-3,8-10H2,1H3,(H,15,17). The summed E-state index contributed by atoms with van der Waals surface area (Å²) in [6.07, 6.45) is 2.34. The molecule has 5 heteroatoms. The Bertz CT molecular complexity index is 378. The number of hydrogen-bond donors (Lipinski definition) is 3. The Labute approximate surface area is 113 Å². The highest BCUT2D eigenvalue weighted by molar-refractivity contribution is 5.82.